The van der Waals surface area contributed by atoms with Gasteiger partial charge < -0.3 is 9.30 Å². The lowest BCUT2D eigenvalue weighted by molar-refractivity contribution is -0.187. The van der Waals surface area contributed by atoms with E-state index in [1.807, 2.05) is 0 Å². The number of carbonyl (C=O) groups is 1. The molecule has 2 rings (SSSR count). The van der Waals surface area contributed by atoms with Crippen LogP contribution >= 0.6 is 0 Å². The molecule has 1 amide bonds. The lowest BCUT2D eigenvalue weighted by Gasteiger charge is -2.70. The van der Waals surface area contributed by atoms with Crippen LogP contribution in [0.1, 0.15) is 47.5 Å². The van der Waals surface area contributed by atoms with Gasteiger partial charge in [-0.3, -0.25) is 4.79 Å². The van der Waals surface area contributed by atoms with Gasteiger partial charge in [-0.1, -0.05) is 33.9 Å². The van der Waals surface area contributed by atoms with E-state index >= 15 is 0 Å². The summed E-state index contributed by atoms with van der Waals surface area (Å²) in [6.45, 7) is 17.4. The van der Waals surface area contributed by atoms with Crippen molar-refractivity contribution >= 4 is 14.1 Å². The maximum absolute atomic E-state index is 12.8. The van der Waals surface area contributed by atoms with Crippen LogP contribution in [0.15, 0.2) is 0 Å². The normalized spacial score (nSPS) is 26.5. The van der Waals surface area contributed by atoms with Gasteiger partial charge in [0.05, 0.1) is 11.0 Å². The largest absolute Gasteiger partial charge is 0.381 e. The number of hydrogen-bond donors (Lipinski definition) is 0. The Bertz CT molecular complexity index is 389. The van der Waals surface area contributed by atoms with Crippen LogP contribution < -0.4 is 0 Å². The molecular weight excluding hydrogens is 254 g/mol. The molecule has 0 aromatic carbocycles. The highest BCUT2D eigenvalue weighted by molar-refractivity contribution is 6.80. The minimum absolute atomic E-state index is 0.0470. The fourth-order valence-electron chi connectivity index (χ4n) is 3.58. The third-order valence-electron chi connectivity index (χ3n) is 6.04. The van der Waals surface area contributed by atoms with Crippen molar-refractivity contribution in [2.24, 2.45) is 5.41 Å². The summed E-state index contributed by atoms with van der Waals surface area (Å²) in [6.07, 6.45) is 2.00. The molecule has 2 heterocycles. The predicted molar refractivity (Wildman–Crippen MR) is 80.6 cm³/mol. The first-order valence-electron chi connectivity index (χ1n) is 7.41. The summed E-state index contributed by atoms with van der Waals surface area (Å²) in [7, 11) is -1.80. The molecule has 2 saturated heterocycles. The zero-order chi connectivity index (χ0) is 14.7. The van der Waals surface area contributed by atoms with Crippen LogP contribution in [0.3, 0.4) is 0 Å². The molecule has 0 saturated carbocycles. The highest BCUT2D eigenvalue weighted by Gasteiger charge is 2.70. The molecule has 2 aliphatic rings. The van der Waals surface area contributed by atoms with Crippen molar-refractivity contribution in [3.8, 4) is 0 Å². The summed E-state index contributed by atoms with van der Waals surface area (Å²) >= 11 is 0. The summed E-state index contributed by atoms with van der Waals surface area (Å²) in [5, 5.41) is 0.199. The van der Waals surface area contributed by atoms with E-state index in [1.54, 1.807) is 0 Å². The molecule has 0 aromatic rings. The molecule has 0 aliphatic carbocycles. The van der Waals surface area contributed by atoms with Crippen LogP contribution in [-0.2, 0) is 9.53 Å². The Balaban J connectivity index is 2.43. The Hall–Kier alpha value is -0.353. The first-order chi connectivity index (χ1) is 8.48. The lowest BCUT2D eigenvalue weighted by Crippen LogP contribution is -2.84. The molecule has 1 spiro atoms. The fraction of sp³-hybridized carbons (Fsp3) is 0.933. The predicted octanol–water partition coefficient (Wildman–Crippen LogP) is 3.41. The number of β-lactam (4-membered cyclic amide) rings is 1. The van der Waals surface area contributed by atoms with Gasteiger partial charge in [0, 0.05) is 13.2 Å². The third kappa shape index (κ3) is 1.75. The highest BCUT2D eigenvalue weighted by Crippen LogP contribution is 2.58. The maximum Gasteiger partial charge on any atom is 0.223 e. The molecular formula is C15H29NO2Si. The van der Waals surface area contributed by atoms with E-state index < -0.39 is 8.24 Å². The summed E-state index contributed by atoms with van der Waals surface area (Å²) < 4.78 is 7.88. The Labute approximate surface area is 118 Å². The molecule has 0 aromatic heterocycles. The van der Waals surface area contributed by atoms with Crippen molar-refractivity contribution in [3.63, 3.8) is 0 Å². The van der Waals surface area contributed by atoms with Gasteiger partial charge in [0.25, 0.3) is 0 Å². The summed E-state index contributed by atoms with van der Waals surface area (Å²) in [5.41, 5.74) is -0.169. The van der Waals surface area contributed by atoms with Gasteiger partial charge in [-0.25, -0.2) is 0 Å². The van der Waals surface area contributed by atoms with Gasteiger partial charge in [-0.05, 0) is 31.7 Å². The summed E-state index contributed by atoms with van der Waals surface area (Å²) in [6, 6.07) is 0. The zero-order valence-electron chi connectivity index (χ0n) is 13.6. The van der Waals surface area contributed by atoms with Crippen LogP contribution in [0, 0.1) is 5.41 Å². The van der Waals surface area contributed by atoms with Gasteiger partial charge in [0.1, 0.15) is 0 Å². The lowest BCUT2D eigenvalue weighted by atomic mass is 9.60. The zero-order valence-corrected chi connectivity index (χ0v) is 14.6. The smallest absolute Gasteiger partial charge is 0.223 e. The van der Waals surface area contributed by atoms with E-state index in [2.05, 4.69) is 52.3 Å². The number of hydrogen-bond acceptors (Lipinski definition) is 2. The SMILES string of the molecule is CC1(C)C(=O)N([Si](C)(C)C(C)(C)C)C12CCOCC2. The standard InChI is InChI=1S/C15H29NO2Si/c1-13(2,3)19(6,7)16-12(17)14(4,5)15(16)8-10-18-11-9-15/h8-11H2,1-7H3. The average molecular weight is 283 g/mol. The second kappa shape index (κ2) is 4.07. The second-order valence-corrected chi connectivity index (χ2v) is 13.3. The van der Waals surface area contributed by atoms with Crippen molar-refractivity contribution in [1.82, 2.24) is 4.57 Å². The van der Waals surface area contributed by atoms with Crippen LogP contribution in [0.2, 0.25) is 18.1 Å². The van der Waals surface area contributed by atoms with Crippen LogP contribution in [0.25, 0.3) is 0 Å². The molecule has 4 heteroatoms. The van der Waals surface area contributed by atoms with E-state index in [0.29, 0.717) is 5.91 Å². The summed E-state index contributed by atoms with van der Waals surface area (Å²) in [4.78, 5) is 12.8. The van der Waals surface area contributed by atoms with Crippen molar-refractivity contribution < 1.29 is 9.53 Å². The van der Waals surface area contributed by atoms with E-state index in [9.17, 15) is 4.79 Å². The minimum Gasteiger partial charge on any atom is -0.381 e. The number of ether oxygens (including phenoxy) is 1. The monoisotopic (exact) mass is 283 g/mol. The molecule has 0 unspecified atom stereocenters. The fourth-order valence-corrected chi connectivity index (χ4v) is 6.61. The van der Waals surface area contributed by atoms with E-state index in [4.69, 9.17) is 4.74 Å². The average Bonchev–Trinajstić information content (AvgIpc) is 2.28. The number of nitrogens with zero attached hydrogens (tertiary/aromatic N) is 1. The topological polar surface area (TPSA) is 29.5 Å². The maximum atomic E-state index is 12.8. The van der Waals surface area contributed by atoms with Crippen molar-refractivity contribution in [2.75, 3.05) is 13.2 Å². The third-order valence-corrected chi connectivity index (χ3v) is 11.5. The first-order valence-corrected chi connectivity index (χ1v) is 10.4. The van der Waals surface area contributed by atoms with Crippen LogP contribution in [0.5, 0.6) is 0 Å². The quantitative estimate of drug-likeness (QED) is 0.545. The Morgan fingerprint density at radius 3 is 2.05 bits per heavy atom. The van der Waals surface area contributed by atoms with Gasteiger partial charge in [-0.15, -0.1) is 0 Å². The molecule has 0 bridgehead atoms. The van der Waals surface area contributed by atoms with Crippen LogP contribution in [-0.4, -0.2) is 37.5 Å². The van der Waals surface area contributed by atoms with E-state index in [0.717, 1.165) is 26.1 Å². The van der Waals surface area contributed by atoms with Gasteiger partial charge >= 0.3 is 0 Å². The molecule has 2 aliphatic heterocycles. The van der Waals surface area contributed by atoms with Crippen molar-refractivity contribution in [2.45, 2.75) is 71.1 Å². The molecule has 2 fully saturated rings. The van der Waals surface area contributed by atoms with E-state index in [-0.39, 0.29) is 16.0 Å². The van der Waals surface area contributed by atoms with Crippen molar-refractivity contribution in [1.29, 1.82) is 0 Å². The van der Waals surface area contributed by atoms with Gasteiger partial charge in [0.15, 0.2) is 8.24 Å². The van der Waals surface area contributed by atoms with Gasteiger partial charge in [-0.2, -0.15) is 0 Å². The molecule has 3 nitrogen and oxygen atoms in total. The summed E-state index contributed by atoms with van der Waals surface area (Å²) in [5.74, 6) is 0.362. The first kappa shape index (κ1) is 15.0. The second-order valence-electron chi connectivity index (χ2n) is 8.22. The minimum atomic E-state index is -1.80. The van der Waals surface area contributed by atoms with Crippen LogP contribution in [0.4, 0.5) is 0 Å². The molecule has 0 N–H and O–H groups in total. The Morgan fingerprint density at radius 1 is 1.16 bits per heavy atom. The molecule has 110 valence electrons. The Kier molecular flexibility index (Phi) is 3.23. The Morgan fingerprint density at radius 2 is 1.63 bits per heavy atom. The highest BCUT2D eigenvalue weighted by atomic mass is 28.3. The van der Waals surface area contributed by atoms with Crippen molar-refractivity contribution in [3.05, 3.63) is 0 Å². The number of rotatable bonds is 1. The molecule has 0 radical (unpaired) electrons. The molecule has 19 heavy (non-hydrogen) atoms. The number of amides is 1. The number of carbonyl (C=O) groups excluding carboxylic acids is 1. The van der Waals surface area contributed by atoms with E-state index in [1.165, 1.54) is 0 Å². The van der Waals surface area contributed by atoms with Gasteiger partial charge in [0.2, 0.25) is 5.91 Å². The molecule has 0 atom stereocenters.